The Balaban J connectivity index is 0.00000166. The number of ether oxygens (including phenoxy) is 1. The Hall–Kier alpha value is -4.04. The van der Waals surface area contributed by atoms with Crippen LogP contribution in [0.15, 0.2) is 42.5 Å². The Morgan fingerprint density at radius 3 is 2.40 bits per heavy atom. The lowest BCUT2D eigenvalue weighted by Crippen LogP contribution is -2.39. The second-order valence-corrected chi connectivity index (χ2v) is 10.8. The van der Waals surface area contributed by atoms with E-state index in [1.165, 1.54) is 11.0 Å². The molecule has 1 heterocycles. The van der Waals surface area contributed by atoms with Gasteiger partial charge >= 0.3 is 6.03 Å². The number of aliphatic hydroxyl groups excluding tert-OH is 2. The lowest BCUT2D eigenvalue weighted by molar-refractivity contribution is -0.134. The number of benzene rings is 2. The van der Waals surface area contributed by atoms with Crippen LogP contribution in [0.1, 0.15) is 68.2 Å². The fraction of sp³-hybridized carbons (Fsp3) is 0.500. The number of aryl methyl sites for hydroxylation is 1. The molecule has 0 saturated carbocycles. The second-order valence-electron chi connectivity index (χ2n) is 10.8. The molecular weight excluding hydrogens is 584 g/mol. The standard InChI is InChI=1S/C30H42N4O7.C2H4O2/c31-28(38)19-34-29(39)20-33(30(34)40)25-10-7-9-22(16-25)8-3-6-15-41-14-5-2-1-4-13-32-18-27(37)23-11-12-26(36)24(17-23)21-35;1-2(3)4/h7,9-12,16-17,27,32,35-37H,1-6,8,13-15,18-21H2,(H2,31,38);1H3,(H,3,4)/t27-;/m0./s1. The Morgan fingerprint density at radius 1 is 1.02 bits per heavy atom. The number of unbranched alkanes of at least 4 members (excludes halogenated alkanes) is 4. The first-order chi connectivity index (χ1) is 21.5. The van der Waals surface area contributed by atoms with Crippen molar-refractivity contribution in [2.45, 2.75) is 64.6 Å². The number of carboxylic acid groups (broad SMARTS) is 1. The van der Waals surface area contributed by atoms with Crippen LogP contribution in [-0.4, -0.2) is 88.5 Å². The summed E-state index contributed by atoms with van der Waals surface area (Å²) in [7, 11) is 0. The topological polar surface area (TPSA) is 203 Å². The van der Waals surface area contributed by atoms with Gasteiger partial charge in [0, 0.05) is 37.9 Å². The molecule has 7 N–H and O–H groups in total. The van der Waals surface area contributed by atoms with Gasteiger partial charge in [0.2, 0.25) is 5.91 Å². The number of nitrogens with one attached hydrogen (secondary N) is 1. The molecule has 0 aromatic heterocycles. The number of primary amides is 1. The number of urea groups is 1. The van der Waals surface area contributed by atoms with Crippen LogP contribution in [0.2, 0.25) is 0 Å². The van der Waals surface area contributed by atoms with E-state index in [4.69, 9.17) is 20.4 Å². The van der Waals surface area contributed by atoms with Crippen LogP contribution in [0.25, 0.3) is 0 Å². The molecule has 248 valence electrons. The molecule has 0 aliphatic carbocycles. The van der Waals surface area contributed by atoms with Gasteiger partial charge in [-0.2, -0.15) is 0 Å². The molecule has 0 bridgehead atoms. The van der Waals surface area contributed by atoms with E-state index in [0.717, 1.165) is 75.5 Å². The summed E-state index contributed by atoms with van der Waals surface area (Å²) in [4.78, 5) is 47.0. The summed E-state index contributed by atoms with van der Waals surface area (Å²) in [5.74, 6) is -1.97. The zero-order valence-corrected chi connectivity index (χ0v) is 25.8. The highest BCUT2D eigenvalue weighted by Crippen LogP contribution is 2.24. The fourth-order valence-corrected chi connectivity index (χ4v) is 4.67. The minimum atomic E-state index is -0.833. The number of aromatic hydroxyl groups is 1. The molecule has 45 heavy (non-hydrogen) atoms. The van der Waals surface area contributed by atoms with Crippen molar-refractivity contribution in [2.24, 2.45) is 5.73 Å². The van der Waals surface area contributed by atoms with Gasteiger partial charge in [-0.3, -0.25) is 24.2 Å². The van der Waals surface area contributed by atoms with Gasteiger partial charge in [0.05, 0.1) is 12.7 Å². The van der Waals surface area contributed by atoms with Crippen LogP contribution in [0.5, 0.6) is 5.75 Å². The van der Waals surface area contributed by atoms with Gasteiger partial charge < -0.3 is 36.2 Å². The zero-order chi connectivity index (χ0) is 33.2. The molecule has 1 fully saturated rings. The summed E-state index contributed by atoms with van der Waals surface area (Å²) < 4.78 is 5.76. The van der Waals surface area contributed by atoms with Gasteiger partial charge in [-0.25, -0.2) is 4.79 Å². The number of anilines is 1. The average Bonchev–Trinajstić information content (AvgIpc) is 3.27. The summed E-state index contributed by atoms with van der Waals surface area (Å²) in [5.41, 5.74) is 7.90. The number of carbonyl (C=O) groups is 4. The third-order valence-corrected chi connectivity index (χ3v) is 6.99. The van der Waals surface area contributed by atoms with E-state index in [0.29, 0.717) is 30.0 Å². The quantitative estimate of drug-likeness (QED) is 0.0988. The molecule has 13 heteroatoms. The van der Waals surface area contributed by atoms with Crippen LogP contribution in [0.4, 0.5) is 10.5 Å². The lowest BCUT2D eigenvalue weighted by atomic mass is 10.1. The predicted octanol–water partition coefficient (Wildman–Crippen LogP) is 2.45. The first-order valence-corrected chi connectivity index (χ1v) is 15.1. The van der Waals surface area contributed by atoms with E-state index in [1.54, 1.807) is 18.2 Å². The summed E-state index contributed by atoms with van der Waals surface area (Å²) in [6.45, 7) is 2.93. The van der Waals surface area contributed by atoms with E-state index in [9.17, 15) is 29.7 Å². The Morgan fingerprint density at radius 2 is 1.71 bits per heavy atom. The highest BCUT2D eigenvalue weighted by Gasteiger charge is 2.37. The van der Waals surface area contributed by atoms with Crippen molar-refractivity contribution >= 4 is 29.5 Å². The van der Waals surface area contributed by atoms with Crippen LogP contribution < -0.4 is 16.0 Å². The van der Waals surface area contributed by atoms with Gasteiger partial charge in [0.25, 0.3) is 11.9 Å². The first-order valence-electron chi connectivity index (χ1n) is 15.1. The number of phenols is 1. The number of aliphatic hydroxyl groups is 2. The van der Waals surface area contributed by atoms with Gasteiger partial charge in [-0.1, -0.05) is 31.0 Å². The maximum atomic E-state index is 12.5. The average molecular weight is 631 g/mol. The molecule has 1 atom stereocenters. The molecule has 4 amide bonds. The molecule has 3 rings (SSSR count). The Bertz CT molecular complexity index is 1250. The lowest BCUT2D eigenvalue weighted by Gasteiger charge is -2.17. The Labute approximate surface area is 263 Å². The third-order valence-electron chi connectivity index (χ3n) is 6.99. The number of nitrogens with two attached hydrogens (primary N) is 1. The monoisotopic (exact) mass is 630 g/mol. The van der Waals surface area contributed by atoms with Crippen molar-refractivity contribution < 1.29 is 44.3 Å². The number of amides is 4. The van der Waals surface area contributed by atoms with E-state index >= 15 is 0 Å². The van der Waals surface area contributed by atoms with Crippen molar-refractivity contribution in [3.8, 4) is 5.75 Å². The van der Waals surface area contributed by atoms with E-state index in [1.807, 2.05) is 18.2 Å². The second kappa shape index (κ2) is 20.1. The highest BCUT2D eigenvalue weighted by molar-refractivity contribution is 6.13. The maximum Gasteiger partial charge on any atom is 0.332 e. The number of hydrogen-bond donors (Lipinski definition) is 6. The predicted molar refractivity (Wildman–Crippen MR) is 167 cm³/mol. The van der Waals surface area contributed by atoms with Crippen molar-refractivity contribution in [3.63, 3.8) is 0 Å². The summed E-state index contributed by atoms with van der Waals surface area (Å²) in [6.07, 6.45) is 6.14. The molecule has 0 unspecified atom stereocenters. The van der Waals surface area contributed by atoms with Crippen molar-refractivity contribution in [3.05, 3.63) is 59.2 Å². The van der Waals surface area contributed by atoms with Crippen molar-refractivity contribution in [1.82, 2.24) is 10.2 Å². The van der Waals surface area contributed by atoms with E-state index in [-0.39, 0.29) is 18.9 Å². The van der Waals surface area contributed by atoms with Gasteiger partial charge in [-0.05, 0) is 74.0 Å². The summed E-state index contributed by atoms with van der Waals surface area (Å²) in [5, 5.41) is 39.8. The summed E-state index contributed by atoms with van der Waals surface area (Å²) >= 11 is 0. The fourth-order valence-electron chi connectivity index (χ4n) is 4.67. The zero-order valence-electron chi connectivity index (χ0n) is 25.8. The first kappa shape index (κ1) is 37.1. The SMILES string of the molecule is CC(=O)O.NC(=O)CN1C(=O)CN(c2cccc(CCCCOCCCCCCNC[C@H](O)c3ccc(O)c(CO)c3)c2)C1=O. The number of hydrogen-bond acceptors (Lipinski definition) is 9. The maximum absolute atomic E-state index is 12.5. The highest BCUT2D eigenvalue weighted by atomic mass is 16.5. The number of nitrogens with zero attached hydrogens (tertiary/aromatic N) is 2. The van der Waals surface area contributed by atoms with Crippen LogP contribution >= 0.6 is 0 Å². The van der Waals surface area contributed by atoms with Crippen molar-refractivity contribution in [2.75, 3.05) is 44.3 Å². The number of carbonyl (C=O) groups excluding carboxylic acids is 3. The van der Waals surface area contributed by atoms with E-state index < -0.39 is 36.5 Å². The number of rotatable bonds is 19. The number of carboxylic acids is 1. The molecule has 1 aliphatic heterocycles. The molecule has 2 aromatic rings. The van der Waals surface area contributed by atoms with Gasteiger partial charge in [0.15, 0.2) is 0 Å². The molecule has 1 aliphatic rings. The van der Waals surface area contributed by atoms with Gasteiger partial charge in [0.1, 0.15) is 18.8 Å². The molecule has 0 spiro atoms. The number of aliphatic carboxylic acids is 1. The molecule has 0 radical (unpaired) electrons. The molecular formula is C32H46N4O9. The smallest absolute Gasteiger partial charge is 0.332 e. The summed E-state index contributed by atoms with van der Waals surface area (Å²) in [6, 6.07) is 11.8. The van der Waals surface area contributed by atoms with Crippen molar-refractivity contribution in [1.29, 1.82) is 0 Å². The van der Waals surface area contributed by atoms with Crippen LogP contribution in [-0.2, 0) is 32.1 Å². The number of imide groups is 1. The molecule has 2 aromatic carbocycles. The molecule has 13 nitrogen and oxygen atoms in total. The largest absolute Gasteiger partial charge is 0.508 e. The Kier molecular flexibility index (Phi) is 16.6. The third kappa shape index (κ3) is 13.6. The minimum Gasteiger partial charge on any atom is -0.508 e. The van der Waals surface area contributed by atoms with Crippen LogP contribution in [0, 0.1) is 0 Å². The van der Waals surface area contributed by atoms with Gasteiger partial charge in [-0.15, -0.1) is 0 Å². The normalized spacial score (nSPS) is 13.5. The van der Waals surface area contributed by atoms with E-state index in [2.05, 4.69) is 5.32 Å². The van der Waals surface area contributed by atoms with Crippen LogP contribution in [0.3, 0.4) is 0 Å². The minimum absolute atomic E-state index is 0.0251. The molecule has 1 saturated heterocycles.